The third-order valence-corrected chi connectivity index (χ3v) is 3.37. The summed E-state index contributed by atoms with van der Waals surface area (Å²) in [6, 6.07) is 4.16. The minimum atomic E-state index is -0.458. The van der Waals surface area contributed by atoms with E-state index in [0.29, 0.717) is 5.69 Å². The summed E-state index contributed by atoms with van der Waals surface area (Å²) in [6.45, 7) is 0. The van der Waals surface area contributed by atoms with Crippen molar-refractivity contribution in [2.24, 2.45) is 5.73 Å². The molecule has 5 heteroatoms. The Kier molecular flexibility index (Phi) is 3.81. The van der Waals surface area contributed by atoms with E-state index in [1.807, 2.05) is 0 Å². The minimum absolute atomic E-state index is 0.111. The number of carbonyl (C=O) groups excluding carboxylic acids is 1. The van der Waals surface area contributed by atoms with E-state index in [0.717, 1.165) is 25.7 Å². The van der Waals surface area contributed by atoms with Crippen molar-refractivity contribution in [3.8, 4) is 0 Å². The first-order chi connectivity index (χ1) is 8.56. The summed E-state index contributed by atoms with van der Waals surface area (Å²) >= 11 is 0. The topological polar surface area (TPSA) is 81.1 Å². The fourth-order valence-corrected chi connectivity index (χ4v) is 2.25. The molecule has 1 aromatic rings. The molecule has 1 aliphatic rings. The summed E-state index contributed by atoms with van der Waals surface area (Å²) in [6.07, 6.45) is 3.54. The van der Waals surface area contributed by atoms with E-state index in [1.54, 1.807) is 0 Å². The van der Waals surface area contributed by atoms with E-state index in [-0.39, 0.29) is 23.6 Å². The van der Waals surface area contributed by atoms with E-state index in [9.17, 15) is 9.18 Å². The van der Waals surface area contributed by atoms with Gasteiger partial charge in [0.25, 0.3) is 5.91 Å². The van der Waals surface area contributed by atoms with E-state index in [4.69, 9.17) is 11.5 Å². The summed E-state index contributed by atoms with van der Waals surface area (Å²) in [5, 5.41) is 2.88. The van der Waals surface area contributed by atoms with Gasteiger partial charge in [-0.1, -0.05) is 0 Å². The number of nitrogens with two attached hydrogens (primary N) is 2. The standard InChI is InChI=1S/C13H18FN3O/c14-8-1-6-12(16)11(7-8)13(18)17-10-4-2-9(15)3-5-10/h1,6-7,9-10H,2-5,15-16H2,(H,17,18). The molecule has 0 heterocycles. The van der Waals surface area contributed by atoms with Crippen LogP contribution in [0.25, 0.3) is 0 Å². The van der Waals surface area contributed by atoms with Crippen LogP contribution in [0.2, 0.25) is 0 Å². The summed E-state index contributed by atoms with van der Waals surface area (Å²) in [7, 11) is 0. The molecule has 0 radical (unpaired) electrons. The lowest BCUT2D eigenvalue weighted by Crippen LogP contribution is -2.40. The van der Waals surface area contributed by atoms with Gasteiger partial charge in [0.15, 0.2) is 0 Å². The second kappa shape index (κ2) is 5.35. The van der Waals surface area contributed by atoms with Gasteiger partial charge in [-0.05, 0) is 43.9 Å². The maximum absolute atomic E-state index is 13.1. The van der Waals surface area contributed by atoms with Crippen molar-refractivity contribution in [3.05, 3.63) is 29.6 Å². The smallest absolute Gasteiger partial charge is 0.253 e. The van der Waals surface area contributed by atoms with Gasteiger partial charge in [0.05, 0.1) is 5.56 Å². The van der Waals surface area contributed by atoms with Crippen LogP contribution in [0.5, 0.6) is 0 Å². The Bertz CT molecular complexity index is 442. The Hall–Kier alpha value is -1.62. The number of anilines is 1. The first kappa shape index (κ1) is 12.8. The predicted molar refractivity (Wildman–Crippen MR) is 68.5 cm³/mol. The number of amides is 1. The largest absolute Gasteiger partial charge is 0.398 e. The molecule has 1 aliphatic carbocycles. The van der Waals surface area contributed by atoms with Crippen LogP contribution in [-0.2, 0) is 0 Å². The second-order valence-electron chi connectivity index (χ2n) is 4.82. The van der Waals surface area contributed by atoms with Crippen LogP contribution in [0.4, 0.5) is 10.1 Å². The fraction of sp³-hybridized carbons (Fsp3) is 0.462. The molecule has 0 unspecified atom stereocenters. The van der Waals surface area contributed by atoms with Gasteiger partial charge in [0.2, 0.25) is 0 Å². The van der Waals surface area contributed by atoms with Gasteiger partial charge in [-0.25, -0.2) is 4.39 Å². The molecule has 0 saturated heterocycles. The van der Waals surface area contributed by atoms with Crippen molar-refractivity contribution in [3.63, 3.8) is 0 Å². The maximum atomic E-state index is 13.1. The molecule has 1 fully saturated rings. The first-order valence-corrected chi connectivity index (χ1v) is 6.17. The Morgan fingerprint density at radius 2 is 1.94 bits per heavy atom. The van der Waals surface area contributed by atoms with Gasteiger partial charge in [0.1, 0.15) is 5.82 Å². The van der Waals surface area contributed by atoms with Crippen LogP contribution in [-0.4, -0.2) is 18.0 Å². The SMILES string of the molecule is Nc1ccc(F)cc1C(=O)NC1CCC(N)CC1. The van der Waals surface area contributed by atoms with Crippen molar-refractivity contribution in [2.45, 2.75) is 37.8 Å². The highest BCUT2D eigenvalue weighted by atomic mass is 19.1. The second-order valence-corrected chi connectivity index (χ2v) is 4.82. The molecule has 0 bridgehead atoms. The fourth-order valence-electron chi connectivity index (χ4n) is 2.25. The number of carbonyl (C=O) groups is 1. The number of halogens is 1. The van der Waals surface area contributed by atoms with E-state index in [2.05, 4.69) is 5.32 Å². The molecule has 4 nitrogen and oxygen atoms in total. The van der Waals surface area contributed by atoms with Gasteiger partial charge in [-0.3, -0.25) is 4.79 Å². The Labute approximate surface area is 106 Å². The molecule has 0 atom stereocenters. The zero-order valence-corrected chi connectivity index (χ0v) is 10.2. The Morgan fingerprint density at radius 1 is 1.28 bits per heavy atom. The monoisotopic (exact) mass is 251 g/mol. The molecule has 0 aliphatic heterocycles. The molecule has 1 saturated carbocycles. The summed E-state index contributed by atoms with van der Waals surface area (Å²) in [5.41, 5.74) is 12.0. The number of nitrogen functional groups attached to an aromatic ring is 1. The highest BCUT2D eigenvalue weighted by Crippen LogP contribution is 2.19. The lowest BCUT2D eigenvalue weighted by Gasteiger charge is -2.26. The van der Waals surface area contributed by atoms with Crippen molar-refractivity contribution in [1.82, 2.24) is 5.32 Å². The molecule has 1 amide bonds. The molecular weight excluding hydrogens is 233 g/mol. The molecule has 18 heavy (non-hydrogen) atoms. The van der Waals surface area contributed by atoms with E-state index >= 15 is 0 Å². The normalized spacial score (nSPS) is 23.7. The zero-order chi connectivity index (χ0) is 13.1. The van der Waals surface area contributed by atoms with Crippen LogP contribution in [0.1, 0.15) is 36.0 Å². The number of hydrogen-bond acceptors (Lipinski definition) is 3. The quantitative estimate of drug-likeness (QED) is 0.695. The molecule has 0 spiro atoms. The lowest BCUT2D eigenvalue weighted by molar-refractivity contribution is 0.0926. The van der Waals surface area contributed by atoms with Gasteiger partial charge in [0, 0.05) is 17.8 Å². The van der Waals surface area contributed by atoms with Crippen molar-refractivity contribution in [2.75, 3.05) is 5.73 Å². The van der Waals surface area contributed by atoms with Crippen LogP contribution in [0.3, 0.4) is 0 Å². The number of benzene rings is 1. The van der Waals surface area contributed by atoms with Gasteiger partial charge < -0.3 is 16.8 Å². The minimum Gasteiger partial charge on any atom is -0.398 e. The molecular formula is C13H18FN3O. The zero-order valence-electron chi connectivity index (χ0n) is 10.2. The van der Waals surface area contributed by atoms with Crippen molar-refractivity contribution < 1.29 is 9.18 Å². The Balaban J connectivity index is 2.01. The van der Waals surface area contributed by atoms with Crippen molar-refractivity contribution in [1.29, 1.82) is 0 Å². The van der Waals surface area contributed by atoms with Crippen LogP contribution >= 0.6 is 0 Å². The van der Waals surface area contributed by atoms with Gasteiger partial charge in [-0.2, -0.15) is 0 Å². The summed E-state index contributed by atoms with van der Waals surface area (Å²) < 4.78 is 13.1. The summed E-state index contributed by atoms with van der Waals surface area (Å²) in [5.74, 6) is -0.771. The van der Waals surface area contributed by atoms with Crippen LogP contribution < -0.4 is 16.8 Å². The van der Waals surface area contributed by atoms with Gasteiger partial charge >= 0.3 is 0 Å². The third kappa shape index (κ3) is 2.98. The molecule has 98 valence electrons. The maximum Gasteiger partial charge on any atom is 0.253 e. The lowest BCUT2D eigenvalue weighted by atomic mass is 9.91. The van der Waals surface area contributed by atoms with Crippen molar-refractivity contribution >= 4 is 11.6 Å². The highest BCUT2D eigenvalue weighted by Gasteiger charge is 2.21. The van der Waals surface area contributed by atoms with E-state index < -0.39 is 5.82 Å². The molecule has 2 rings (SSSR count). The molecule has 0 aromatic heterocycles. The van der Waals surface area contributed by atoms with Gasteiger partial charge in [-0.15, -0.1) is 0 Å². The predicted octanol–water partition coefficient (Wildman–Crippen LogP) is 1.41. The summed E-state index contributed by atoms with van der Waals surface area (Å²) in [4.78, 5) is 12.0. The average molecular weight is 251 g/mol. The number of nitrogens with one attached hydrogen (secondary N) is 1. The molecule has 1 aromatic carbocycles. The first-order valence-electron chi connectivity index (χ1n) is 6.17. The van der Waals surface area contributed by atoms with Crippen LogP contribution in [0, 0.1) is 5.82 Å². The highest BCUT2D eigenvalue weighted by molar-refractivity contribution is 5.99. The van der Waals surface area contributed by atoms with E-state index in [1.165, 1.54) is 18.2 Å². The number of rotatable bonds is 2. The van der Waals surface area contributed by atoms with Crippen LogP contribution in [0.15, 0.2) is 18.2 Å². The average Bonchev–Trinajstić information content (AvgIpc) is 2.35. The molecule has 5 N–H and O–H groups in total. The Morgan fingerprint density at radius 3 is 2.61 bits per heavy atom. The number of hydrogen-bond donors (Lipinski definition) is 3. The third-order valence-electron chi connectivity index (χ3n) is 3.37.